The van der Waals surface area contributed by atoms with E-state index in [1.54, 1.807) is 0 Å². The van der Waals surface area contributed by atoms with Crippen LogP contribution in [0.15, 0.2) is 207 Å². The van der Waals surface area contributed by atoms with Crippen LogP contribution in [0.25, 0.3) is 111 Å². The molecule has 0 spiro atoms. The molecular weight excluding hydrogens is 801 g/mol. The van der Waals surface area contributed by atoms with Crippen molar-refractivity contribution in [3.8, 4) is 67.3 Å². The third kappa shape index (κ3) is 5.51. The highest BCUT2D eigenvalue weighted by Gasteiger charge is 2.33. The number of rotatable bonds is 6. The van der Waals surface area contributed by atoms with Gasteiger partial charge >= 0.3 is 0 Å². The predicted molar refractivity (Wildman–Crippen MR) is 273 cm³/mol. The molecule has 0 N–H and O–H groups in total. The van der Waals surface area contributed by atoms with Gasteiger partial charge in [0.1, 0.15) is 11.6 Å². The molecule has 4 heterocycles. The number of aromatic nitrogens is 4. The second-order valence-corrected chi connectivity index (χ2v) is 17.9. The fraction of sp³-hybridized carbons (Fsp3) is 0.0645. The monoisotopic (exact) mass is 842 g/mol. The van der Waals surface area contributed by atoms with Gasteiger partial charge in [0.15, 0.2) is 0 Å². The van der Waals surface area contributed by atoms with E-state index in [0.29, 0.717) is 0 Å². The third-order valence-corrected chi connectivity index (χ3v) is 14.4. The zero-order chi connectivity index (χ0) is 43.3. The molecule has 4 heteroatoms. The van der Waals surface area contributed by atoms with E-state index in [0.717, 1.165) is 37.3 Å². The molecule has 2 aliphatic carbocycles. The van der Waals surface area contributed by atoms with Gasteiger partial charge in [-0.3, -0.25) is 9.13 Å². The van der Waals surface area contributed by atoms with Gasteiger partial charge < -0.3 is 0 Å². The lowest BCUT2D eigenvalue weighted by Gasteiger charge is -2.31. The van der Waals surface area contributed by atoms with Crippen molar-refractivity contribution in [2.24, 2.45) is 0 Å². The first-order chi connectivity index (χ1) is 32.8. The van der Waals surface area contributed by atoms with Crippen molar-refractivity contribution in [1.82, 2.24) is 19.1 Å². The summed E-state index contributed by atoms with van der Waals surface area (Å²) in [6.45, 7) is 0. The van der Waals surface area contributed by atoms with E-state index in [4.69, 9.17) is 9.97 Å². The van der Waals surface area contributed by atoms with Crippen LogP contribution in [0.1, 0.15) is 22.3 Å². The van der Waals surface area contributed by atoms with Gasteiger partial charge in [-0.05, 0) is 164 Å². The molecule has 0 radical (unpaired) electrons. The van der Waals surface area contributed by atoms with Crippen molar-refractivity contribution in [2.45, 2.75) is 25.7 Å². The molecule has 14 rings (SSSR count). The number of pyridine rings is 2. The van der Waals surface area contributed by atoms with Gasteiger partial charge in [-0.25, -0.2) is 9.97 Å². The Hall–Kier alpha value is -8.34. The third-order valence-electron chi connectivity index (χ3n) is 14.4. The van der Waals surface area contributed by atoms with Gasteiger partial charge in [-0.1, -0.05) is 133 Å². The van der Waals surface area contributed by atoms with E-state index in [2.05, 4.69) is 191 Å². The smallest absolute Gasteiger partial charge is 0.137 e. The highest BCUT2D eigenvalue weighted by Crippen LogP contribution is 2.52. The molecule has 0 atom stereocenters. The molecule has 0 aliphatic heterocycles. The Morgan fingerprint density at radius 2 is 0.712 bits per heavy atom. The van der Waals surface area contributed by atoms with Crippen LogP contribution in [0.5, 0.6) is 0 Å². The maximum Gasteiger partial charge on any atom is 0.137 e. The number of aryl methyl sites for hydroxylation is 4. The van der Waals surface area contributed by atoms with Gasteiger partial charge in [0.05, 0.1) is 22.1 Å². The van der Waals surface area contributed by atoms with Crippen molar-refractivity contribution < 1.29 is 0 Å². The van der Waals surface area contributed by atoms with Gasteiger partial charge in [0, 0.05) is 33.9 Å². The number of benzene rings is 8. The number of nitrogens with zero attached hydrogens (tertiary/aromatic N) is 4. The molecule has 0 amide bonds. The summed E-state index contributed by atoms with van der Waals surface area (Å²) in [4.78, 5) is 10.0. The van der Waals surface area contributed by atoms with Crippen molar-refractivity contribution in [1.29, 1.82) is 0 Å². The van der Waals surface area contributed by atoms with Crippen LogP contribution in [0.3, 0.4) is 0 Å². The van der Waals surface area contributed by atoms with Gasteiger partial charge in [-0.15, -0.1) is 0 Å². The van der Waals surface area contributed by atoms with Crippen LogP contribution in [0, 0.1) is 0 Å². The second-order valence-electron chi connectivity index (χ2n) is 17.9. The fourth-order valence-corrected chi connectivity index (χ4v) is 11.6. The molecule has 0 unspecified atom stereocenters. The van der Waals surface area contributed by atoms with Crippen LogP contribution >= 0.6 is 0 Å². The van der Waals surface area contributed by atoms with E-state index in [9.17, 15) is 0 Å². The molecule has 0 fully saturated rings. The van der Waals surface area contributed by atoms with Crippen LogP contribution in [-0.4, -0.2) is 19.1 Å². The van der Waals surface area contributed by atoms with E-state index >= 15 is 0 Å². The zero-order valence-corrected chi connectivity index (χ0v) is 36.2. The molecule has 4 nitrogen and oxygen atoms in total. The van der Waals surface area contributed by atoms with Crippen LogP contribution in [0.2, 0.25) is 0 Å². The highest BCUT2D eigenvalue weighted by atomic mass is 15.1. The van der Waals surface area contributed by atoms with Crippen molar-refractivity contribution in [3.05, 3.63) is 229 Å². The maximum absolute atomic E-state index is 5.02. The topological polar surface area (TPSA) is 35.6 Å². The molecule has 0 saturated heterocycles. The molecule has 0 bridgehead atoms. The standard InChI is InChI=1S/C62H42N4/c1-3-15-39(16-4-1)45-19-7-9-21-47(45)41-27-31-55-51(35-41)53-37-43-25-26-44-38-54-52-36-42(48-22-10-8-20-46(48)40-17-5-2-6-18-40)28-32-56(52)66(58-24-12-14-34-64-58)62(54)50-30-29-49(59(43)60(44)50)61(53)65(55)57-23-11-13-33-63-57/h1-24,27-28,31-38H,25-26,29-30H2. The minimum Gasteiger partial charge on any atom is -0.293 e. The lowest BCUT2D eigenvalue weighted by atomic mass is 9.74. The summed E-state index contributed by atoms with van der Waals surface area (Å²) in [5.74, 6) is 1.90. The molecule has 4 aromatic heterocycles. The molecule has 0 saturated carbocycles. The van der Waals surface area contributed by atoms with Gasteiger partial charge in [-0.2, -0.15) is 0 Å². The number of hydrogen-bond donors (Lipinski definition) is 0. The largest absolute Gasteiger partial charge is 0.293 e. The van der Waals surface area contributed by atoms with Crippen molar-refractivity contribution in [3.63, 3.8) is 0 Å². The van der Waals surface area contributed by atoms with E-state index < -0.39 is 0 Å². The van der Waals surface area contributed by atoms with Crippen molar-refractivity contribution in [2.75, 3.05) is 0 Å². The predicted octanol–water partition coefficient (Wildman–Crippen LogP) is 15.2. The summed E-state index contributed by atoms with van der Waals surface area (Å²) in [6, 6.07) is 70.9. The van der Waals surface area contributed by atoms with Gasteiger partial charge in [0.25, 0.3) is 0 Å². The average molecular weight is 843 g/mol. The second kappa shape index (κ2) is 14.6. The minimum absolute atomic E-state index is 0.928. The van der Waals surface area contributed by atoms with Crippen LogP contribution < -0.4 is 0 Å². The van der Waals surface area contributed by atoms with Gasteiger partial charge in [0.2, 0.25) is 0 Å². The normalized spacial score (nSPS) is 12.9. The molecular formula is C62H42N4. The molecule has 12 aromatic rings. The Morgan fingerprint density at radius 3 is 1.12 bits per heavy atom. The quantitative estimate of drug-likeness (QED) is 0.167. The summed E-state index contributed by atoms with van der Waals surface area (Å²) in [6.07, 6.45) is 7.70. The SMILES string of the molecule is c1ccc(-c2ccccc2-c2ccc3c(c2)c2cc4c5c(c2n3-c2ccccn2)CCc2c-5c(cc3c5cc(-c6ccccc6-c6ccccc6)ccc5n(-c5ccccn5)c23)CC4)cc1. The van der Waals surface area contributed by atoms with Crippen LogP contribution in [0.4, 0.5) is 0 Å². The maximum atomic E-state index is 5.02. The zero-order valence-electron chi connectivity index (χ0n) is 36.2. The first-order valence-corrected chi connectivity index (χ1v) is 23.2. The summed E-state index contributed by atoms with van der Waals surface area (Å²) in [7, 11) is 0. The summed E-state index contributed by atoms with van der Waals surface area (Å²) in [5, 5.41) is 5.15. The fourth-order valence-electron chi connectivity index (χ4n) is 11.6. The van der Waals surface area contributed by atoms with E-state index in [1.807, 2.05) is 24.5 Å². The lowest BCUT2D eigenvalue weighted by molar-refractivity contribution is 0.881. The summed E-state index contributed by atoms with van der Waals surface area (Å²) in [5.41, 5.74) is 23.4. The summed E-state index contributed by atoms with van der Waals surface area (Å²) < 4.78 is 4.90. The number of hydrogen-bond acceptors (Lipinski definition) is 2. The van der Waals surface area contributed by atoms with Crippen LogP contribution in [-0.2, 0) is 25.7 Å². The molecule has 2 aliphatic rings. The van der Waals surface area contributed by atoms with E-state index in [1.165, 1.54) is 122 Å². The Bertz CT molecular complexity index is 3640. The van der Waals surface area contributed by atoms with Crippen molar-refractivity contribution >= 4 is 43.6 Å². The first kappa shape index (κ1) is 37.1. The molecule has 8 aromatic carbocycles. The first-order valence-electron chi connectivity index (χ1n) is 23.2. The lowest BCUT2D eigenvalue weighted by Crippen LogP contribution is -2.16. The molecule has 66 heavy (non-hydrogen) atoms. The highest BCUT2D eigenvalue weighted by molar-refractivity contribution is 6.17. The Labute approximate surface area is 382 Å². The molecule has 310 valence electrons. The Kier molecular flexibility index (Phi) is 8.20. The Morgan fingerprint density at radius 1 is 0.318 bits per heavy atom. The average Bonchev–Trinajstić information content (AvgIpc) is 3.90. The van der Waals surface area contributed by atoms with E-state index in [-0.39, 0.29) is 0 Å². The number of fused-ring (bicyclic) bond motifs is 8. The Balaban J connectivity index is 1.02. The minimum atomic E-state index is 0.928. The summed E-state index contributed by atoms with van der Waals surface area (Å²) >= 11 is 0.